The number of phenolic OH excluding ortho intramolecular Hbond substituents is 1. The second-order valence-electron chi connectivity index (χ2n) is 6.97. The molecule has 3 aromatic rings. The highest BCUT2D eigenvalue weighted by Gasteiger charge is 2.39. The van der Waals surface area contributed by atoms with Gasteiger partial charge in [-0.3, -0.25) is 0 Å². The number of ether oxygens (including phenoxy) is 2. The van der Waals surface area contributed by atoms with Crippen molar-refractivity contribution in [2.75, 3.05) is 14.2 Å². The van der Waals surface area contributed by atoms with Gasteiger partial charge in [0.25, 0.3) is 0 Å². The van der Waals surface area contributed by atoms with Crippen LogP contribution in [0.4, 0.5) is 0 Å². The molecule has 3 rings (SSSR count). The lowest BCUT2D eigenvalue weighted by atomic mass is 9.63. The summed E-state index contributed by atoms with van der Waals surface area (Å²) in [5, 5.41) is 9.81. The molecule has 27 heavy (non-hydrogen) atoms. The van der Waals surface area contributed by atoms with Crippen molar-refractivity contribution in [1.82, 2.24) is 0 Å². The van der Waals surface area contributed by atoms with Gasteiger partial charge in [-0.25, -0.2) is 0 Å². The average molecular weight is 362 g/mol. The molecule has 0 aromatic heterocycles. The normalized spacial score (nSPS) is 11.4. The van der Waals surface area contributed by atoms with E-state index in [0.717, 1.165) is 17.1 Å². The number of methoxy groups -OCH3 is 2. The molecule has 0 aliphatic rings. The van der Waals surface area contributed by atoms with Crippen molar-refractivity contribution in [3.8, 4) is 17.2 Å². The molecular weight excluding hydrogens is 336 g/mol. The van der Waals surface area contributed by atoms with Crippen molar-refractivity contribution < 1.29 is 14.6 Å². The predicted molar refractivity (Wildman–Crippen MR) is 109 cm³/mol. The van der Waals surface area contributed by atoms with Crippen LogP contribution in [0.3, 0.4) is 0 Å². The first-order chi connectivity index (χ1) is 13.0. The quantitative estimate of drug-likeness (QED) is 0.597. The van der Waals surface area contributed by atoms with E-state index in [4.69, 9.17) is 9.47 Å². The maximum absolute atomic E-state index is 9.81. The molecule has 0 aliphatic carbocycles. The van der Waals surface area contributed by atoms with Gasteiger partial charge in [0.1, 0.15) is 17.2 Å². The van der Waals surface area contributed by atoms with Crippen LogP contribution in [0.15, 0.2) is 72.8 Å². The monoisotopic (exact) mass is 362 g/mol. The Balaban J connectivity index is 2.28. The Hall–Kier alpha value is -2.94. The molecule has 1 N–H and O–H groups in total. The van der Waals surface area contributed by atoms with Gasteiger partial charge in [0, 0.05) is 5.41 Å². The number of rotatable bonds is 6. The number of benzene rings is 3. The Bertz CT molecular complexity index is 816. The molecule has 0 unspecified atom stereocenters. The van der Waals surface area contributed by atoms with E-state index in [1.807, 2.05) is 36.4 Å². The summed E-state index contributed by atoms with van der Waals surface area (Å²) in [7, 11) is 3.35. The summed E-state index contributed by atoms with van der Waals surface area (Å²) >= 11 is 0. The summed E-state index contributed by atoms with van der Waals surface area (Å²) in [6, 6.07) is 24.0. The molecule has 0 aliphatic heterocycles. The van der Waals surface area contributed by atoms with E-state index in [1.54, 1.807) is 26.4 Å². The SMILES string of the molecule is COc1ccc(C(c2ccc(O)cc2)(c2ccc(OC)cc2)C(C)C)cc1. The fraction of sp³-hybridized carbons (Fsp3) is 0.250. The zero-order valence-corrected chi connectivity index (χ0v) is 16.3. The zero-order valence-electron chi connectivity index (χ0n) is 16.3. The van der Waals surface area contributed by atoms with Crippen molar-refractivity contribution in [2.45, 2.75) is 19.3 Å². The molecule has 0 heterocycles. The first kappa shape index (κ1) is 18.8. The molecule has 0 saturated heterocycles. The van der Waals surface area contributed by atoms with Crippen molar-refractivity contribution >= 4 is 0 Å². The highest BCUT2D eigenvalue weighted by atomic mass is 16.5. The lowest BCUT2D eigenvalue weighted by Crippen LogP contribution is -2.35. The molecule has 0 spiro atoms. The minimum atomic E-state index is -0.369. The van der Waals surface area contributed by atoms with Crippen LogP contribution in [0.25, 0.3) is 0 Å². The van der Waals surface area contributed by atoms with Crippen LogP contribution >= 0.6 is 0 Å². The molecular formula is C24H26O3. The van der Waals surface area contributed by atoms with E-state index in [1.165, 1.54) is 11.1 Å². The summed E-state index contributed by atoms with van der Waals surface area (Å²) < 4.78 is 10.7. The predicted octanol–water partition coefficient (Wildman–Crippen LogP) is 5.40. The summed E-state index contributed by atoms with van der Waals surface area (Å²) in [6.45, 7) is 4.45. The van der Waals surface area contributed by atoms with E-state index < -0.39 is 0 Å². The number of hydrogen-bond acceptors (Lipinski definition) is 3. The number of phenols is 1. The van der Waals surface area contributed by atoms with E-state index in [-0.39, 0.29) is 17.1 Å². The standard InChI is InChI=1S/C24H26O3/c1-17(2)24(18-5-11-21(25)12-6-18,19-7-13-22(26-3)14-8-19)20-9-15-23(27-4)16-10-20/h5-17,25H,1-4H3. The van der Waals surface area contributed by atoms with Crippen molar-refractivity contribution in [2.24, 2.45) is 5.92 Å². The molecule has 3 heteroatoms. The maximum atomic E-state index is 9.81. The second-order valence-corrected chi connectivity index (χ2v) is 6.97. The third-order valence-electron chi connectivity index (χ3n) is 5.28. The Kier molecular flexibility index (Phi) is 5.41. The molecule has 0 saturated carbocycles. The van der Waals surface area contributed by atoms with Gasteiger partial charge < -0.3 is 14.6 Å². The summed E-state index contributed by atoms with van der Waals surface area (Å²) in [4.78, 5) is 0. The van der Waals surface area contributed by atoms with Gasteiger partial charge in [-0.1, -0.05) is 50.2 Å². The van der Waals surface area contributed by atoms with Gasteiger partial charge >= 0.3 is 0 Å². The lowest BCUT2D eigenvalue weighted by molar-refractivity contribution is 0.409. The van der Waals surface area contributed by atoms with Crippen LogP contribution in [0.5, 0.6) is 17.2 Å². The summed E-state index contributed by atoms with van der Waals surface area (Å²) in [5.41, 5.74) is 3.11. The molecule has 0 bridgehead atoms. The first-order valence-electron chi connectivity index (χ1n) is 9.11. The maximum Gasteiger partial charge on any atom is 0.118 e. The largest absolute Gasteiger partial charge is 0.508 e. The van der Waals surface area contributed by atoms with Gasteiger partial charge in [-0.2, -0.15) is 0 Å². The fourth-order valence-electron chi connectivity index (χ4n) is 3.93. The van der Waals surface area contributed by atoms with Gasteiger partial charge in [0.2, 0.25) is 0 Å². The Morgan fingerprint density at radius 3 is 1.26 bits per heavy atom. The van der Waals surface area contributed by atoms with E-state index >= 15 is 0 Å². The van der Waals surface area contributed by atoms with E-state index in [9.17, 15) is 5.11 Å². The van der Waals surface area contributed by atoms with Gasteiger partial charge in [0.15, 0.2) is 0 Å². The topological polar surface area (TPSA) is 38.7 Å². The van der Waals surface area contributed by atoms with Crippen LogP contribution in [-0.4, -0.2) is 19.3 Å². The number of hydrogen-bond donors (Lipinski definition) is 1. The molecule has 140 valence electrons. The number of aromatic hydroxyl groups is 1. The van der Waals surface area contributed by atoms with Crippen LogP contribution in [0, 0.1) is 5.92 Å². The Morgan fingerprint density at radius 2 is 0.963 bits per heavy atom. The lowest BCUT2D eigenvalue weighted by Gasteiger charge is -2.40. The highest BCUT2D eigenvalue weighted by molar-refractivity contribution is 5.53. The fourth-order valence-corrected chi connectivity index (χ4v) is 3.93. The van der Waals surface area contributed by atoms with Crippen molar-refractivity contribution in [1.29, 1.82) is 0 Å². The zero-order chi connectivity index (χ0) is 19.4. The Morgan fingerprint density at radius 1 is 0.630 bits per heavy atom. The highest BCUT2D eigenvalue weighted by Crippen LogP contribution is 2.46. The summed E-state index contributed by atoms with van der Waals surface area (Å²) in [5.74, 6) is 2.19. The van der Waals surface area contributed by atoms with Gasteiger partial charge in [-0.15, -0.1) is 0 Å². The van der Waals surface area contributed by atoms with Crippen LogP contribution in [0.1, 0.15) is 30.5 Å². The smallest absolute Gasteiger partial charge is 0.118 e. The first-order valence-corrected chi connectivity index (χ1v) is 9.11. The van der Waals surface area contributed by atoms with E-state index in [2.05, 4.69) is 38.1 Å². The van der Waals surface area contributed by atoms with Crippen molar-refractivity contribution in [3.05, 3.63) is 89.5 Å². The Labute approximate surface area is 161 Å². The molecule has 0 fully saturated rings. The van der Waals surface area contributed by atoms with Gasteiger partial charge in [0.05, 0.1) is 14.2 Å². The van der Waals surface area contributed by atoms with Crippen LogP contribution < -0.4 is 9.47 Å². The third kappa shape index (κ3) is 3.37. The van der Waals surface area contributed by atoms with Crippen molar-refractivity contribution in [3.63, 3.8) is 0 Å². The molecule has 0 atom stereocenters. The minimum Gasteiger partial charge on any atom is -0.508 e. The van der Waals surface area contributed by atoms with Crippen LogP contribution in [0.2, 0.25) is 0 Å². The average Bonchev–Trinajstić information content (AvgIpc) is 2.70. The van der Waals surface area contributed by atoms with Gasteiger partial charge in [-0.05, 0) is 59.0 Å². The minimum absolute atomic E-state index is 0.265. The van der Waals surface area contributed by atoms with Crippen LogP contribution in [-0.2, 0) is 5.41 Å². The summed E-state index contributed by atoms with van der Waals surface area (Å²) in [6.07, 6.45) is 0. The molecule has 3 nitrogen and oxygen atoms in total. The molecule has 3 aromatic carbocycles. The third-order valence-corrected chi connectivity index (χ3v) is 5.28. The second kappa shape index (κ2) is 7.75. The molecule has 0 amide bonds. The van der Waals surface area contributed by atoms with E-state index in [0.29, 0.717) is 0 Å². The molecule has 0 radical (unpaired) electrons.